The van der Waals surface area contributed by atoms with Crippen LogP contribution in [0, 0.1) is 0 Å². The SMILES string of the molecule is CN=C(NCc1ccccc1OC)NCC1(OC)CCOCC1. The summed E-state index contributed by atoms with van der Waals surface area (Å²) in [6.07, 6.45) is 1.78. The number of benzene rings is 1. The van der Waals surface area contributed by atoms with E-state index in [9.17, 15) is 0 Å². The van der Waals surface area contributed by atoms with Crippen LogP contribution >= 0.6 is 0 Å². The van der Waals surface area contributed by atoms with Gasteiger partial charge in [-0.3, -0.25) is 4.99 Å². The molecule has 1 heterocycles. The van der Waals surface area contributed by atoms with E-state index < -0.39 is 0 Å². The molecule has 2 rings (SSSR count). The molecular formula is C17H27N3O3. The van der Waals surface area contributed by atoms with Gasteiger partial charge in [-0.05, 0) is 6.07 Å². The molecule has 1 saturated heterocycles. The van der Waals surface area contributed by atoms with E-state index in [-0.39, 0.29) is 5.60 Å². The third-order valence-corrected chi connectivity index (χ3v) is 4.28. The fourth-order valence-electron chi connectivity index (χ4n) is 2.69. The zero-order valence-corrected chi connectivity index (χ0v) is 14.2. The van der Waals surface area contributed by atoms with Gasteiger partial charge in [0.2, 0.25) is 0 Å². The van der Waals surface area contributed by atoms with Gasteiger partial charge in [0.05, 0.1) is 12.7 Å². The van der Waals surface area contributed by atoms with Gasteiger partial charge >= 0.3 is 0 Å². The van der Waals surface area contributed by atoms with Crippen molar-refractivity contribution in [1.29, 1.82) is 0 Å². The van der Waals surface area contributed by atoms with E-state index in [1.54, 1.807) is 21.3 Å². The molecule has 1 aliphatic heterocycles. The van der Waals surface area contributed by atoms with Gasteiger partial charge in [-0.15, -0.1) is 0 Å². The number of aliphatic imine (C=N–C) groups is 1. The van der Waals surface area contributed by atoms with Crippen LogP contribution in [0.2, 0.25) is 0 Å². The molecule has 2 N–H and O–H groups in total. The van der Waals surface area contributed by atoms with Crippen molar-refractivity contribution in [1.82, 2.24) is 10.6 Å². The van der Waals surface area contributed by atoms with Crippen LogP contribution in [0.5, 0.6) is 5.75 Å². The monoisotopic (exact) mass is 321 g/mol. The van der Waals surface area contributed by atoms with Crippen molar-refractivity contribution in [2.75, 3.05) is 41.0 Å². The van der Waals surface area contributed by atoms with Crippen LogP contribution in [0.4, 0.5) is 0 Å². The molecule has 0 amide bonds. The minimum atomic E-state index is -0.180. The van der Waals surface area contributed by atoms with Gasteiger partial charge in [-0.2, -0.15) is 0 Å². The van der Waals surface area contributed by atoms with Crippen LogP contribution in [-0.4, -0.2) is 52.6 Å². The summed E-state index contributed by atoms with van der Waals surface area (Å²) < 4.78 is 16.5. The number of hydrogen-bond donors (Lipinski definition) is 2. The normalized spacial score (nSPS) is 17.6. The third-order valence-electron chi connectivity index (χ3n) is 4.28. The predicted octanol–water partition coefficient (Wildman–Crippen LogP) is 1.56. The smallest absolute Gasteiger partial charge is 0.191 e. The Hall–Kier alpha value is -1.79. The van der Waals surface area contributed by atoms with E-state index in [1.165, 1.54) is 0 Å². The molecule has 23 heavy (non-hydrogen) atoms. The number of ether oxygens (including phenoxy) is 3. The Bertz CT molecular complexity index is 514. The molecule has 0 aromatic heterocycles. The summed E-state index contributed by atoms with van der Waals surface area (Å²) in [5, 5.41) is 6.67. The highest BCUT2D eigenvalue weighted by atomic mass is 16.5. The summed E-state index contributed by atoms with van der Waals surface area (Å²) in [5.74, 6) is 1.62. The molecule has 0 bridgehead atoms. The third kappa shape index (κ3) is 4.84. The van der Waals surface area contributed by atoms with Gasteiger partial charge in [0.15, 0.2) is 5.96 Å². The Labute approximate surface area is 138 Å². The number of para-hydroxylation sites is 1. The van der Waals surface area contributed by atoms with Crippen molar-refractivity contribution in [2.45, 2.75) is 25.0 Å². The van der Waals surface area contributed by atoms with Gasteiger partial charge in [-0.1, -0.05) is 18.2 Å². The Morgan fingerprint density at radius 1 is 1.22 bits per heavy atom. The van der Waals surface area contributed by atoms with E-state index in [0.717, 1.165) is 43.3 Å². The van der Waals surface area contributed by atoms with E-state index >= 15 is 0 Å². The van der Waals surface area contributed by atoms with Crippen molar-refractivity contribution < 1.29 is 14.2 Å². The fraction of sp³-hybridized carbons (Fsp3) is 0.588. The molecule has 6 heteroatoms. The molecule has 1 aromatic carbocycles. The maximum atomic E-state index is 5.73. The lowest BCUT2D eigenvalue weighted by atomic mass is 9.94. The second-order valence-electron chi connectivity index (χ2n) is 5.59. The first-order chi connectivity index (χ1) is 11.2. The summed E-state index contributed by atoms with van der Waals surface area (Å²) in [7, 11) is 5.21. The molecule has 0 saturated carbocycles. The van der Waals surface area contributed by atoms with Crippen LogP contribution in [0.3, 0.4) is 0 Å². The zero-order chi connectivity index (χ0) is 16.5. The fourth-order valence-corrected chi connectivity index (χ4v) is 2.69. The number of methoxy groups -OCH3 is 2. The maximum Gasteiger partial charge on any atom is 0.191 e. The summed E-state index contributed by atoms with van der Waals surface area (Å²) in [6.45, 7) is 2.83. The lowest BCUT2D eigenvalue weighted by Gasteiger charge is -2.36. The summed E-state index contributed by atoms with van der Waals surface area (Å²) in [6, 6.07) is 7.95. The highest BCUT2D eigenvalue weighted by Crippen LogP contribution is 2.23. The van der Waals surface area contributed by atoms with Gasteiger partial charge in [0.1, 0.15) is 5.75 Å². The Kier molecular flexibility index (Phi) is 6.67. The van der Waals surface area contributed by atoms with E-state index in [1.807, 2.05) is 24.3 Å². The standard InChI is InChI=1S/C17H27N3O3/c1-18-16(19-12-14-6-4-5-7-15(14)21-2)20-13-17(22-3)8-10-23-11-9-17/h4-7H,8-13H2,1-3H3,(H2,18,19,20). The quantitative estimate of drug-likeness (QED) is 0.615. The van der Waals surface area contributed by atoms with Gasteiger partial charge in [0, 0.05) is 58.9 Å². The molecule has 0 spiro atoms. The van der Waals surface area contributed by atoms with Crippen molar-refractivity contribution in [3.63, 3.8) is 0 Å². The maximum absolute atomic E-state index is 5.73. The highest BCUT2D eigenvalue weighted by Gasteiger charge is 2.32. The topological polar surface area (TPSA) is 64.1 Å². The summed E-state index contributed by atoms with van der Waals surface area (Å²) in [4.78, 5) is 4.28. The Balaban J connectivity index is 1.88. The summed E-state index contributed by atoms with van der Waals surface area (Å²) in [5.41, 5.74) is 0.908. The first-order valence-corrected chi connectivity index (χ1v) is 7.92. The largest absolute Gasteiger partial charge is 0.496 e. The number of nitrogens with one attached hydrogen (secondary N) is 2. The zero-order valence-electron chi connectivity index (χ0n) is 14.2. The molecule has 0 unspecified atom stereocenters. The number of nitrogens with zero attached hydrogens (tertiary/aromatic N) is 1. The minimum absolute atomic E-state index is 0.180. The minimum Gasteiger partial charge on any atom is -0.496 e. The van der Waals surface area contributed by atoms with Gasteiger partial charge < -0.3 is 24.8 Å². The van der Waals surface area contributed by atoms with Crippen LogP contribution in [0.1, 0.15) is 18.4 Å². The lowest BCUT2D eigenvalue weighted by molar-refractivity contribution is -0.0855. The van der Waals surface area contributed by atoms with Crippen LogP contribution < -0.4 is 15.4 Å². The predicted molar refractivity (Wildman–Crippen MR) is 91.0 cm³/mol. The second kappa shape index (κ2) is 8.74. The molecule has 0 atom stereocenters. The average Bonchev–Trinajstić information content (AvgIpc) is 2.63. The Morgan fingerprint density at radius 3 is 2.61 bits per heavy atom. The number of guanidine groups is 1. The lowest BCUT2D eigenvalue weighted by Crippen LogP contribution is -2.50. The molecule has 128 valence electrons. The van der Waals surface area contributed by atoms with E-state index in [4.69, 9.17) is 14.2 Å². The summed E-state index contributed by atoms with van der Waals surface area (Å²) >= 11 is 0. The van der Waals surface area contributed by atoms with Crippen molar-refractivity contribution in [2.24, 2.45) is 4.99 Å². The van der Waals surface area contributed by atoms with Gasteiger partial charge in [0.25, 0.3) is 0 Å². The van der Waals surface area contributed by atoms with E-state index in [2.05, 4.69) is 15.6 Å². The average molecular weight is 321 g/mol. The first-order valence-electron chi connectivity index (χ1n) is 7.92. The highest BCUT2D eigenvalue weighted by molar-refractivity contribution is 5.79. The van der Waals surface area contributed by atoms with Crippen molar-refractivity contribution in [3.05, 3.63) is 29.8 Å². The second-order valence-corrected chi connectivity index (χ2v) is 5.59. The van der Waals surface area contributed by atoms with Gasteiger partial charge in [-0.25, -0.2) is 0 Å². The molecular weight excluding hydrogens is 294 g/mol. The molecule has 1 aromatic rings. The molecule has 1 fully saturated rings. The molecule has 6 nitrogen and oxygen atoms in total. The number of hydrogen-bond acceptors (Lipinski definition) is 4. The first kappa shape index (κ1) is 17.6. The molecule has 1 aliphatic rings. The van der Waals surface area contributed by atoms with Crippen molar-refractivity contribution >= 4 is 5.96 Å². The molecule has 0 radical (unpaired) electrons. The Morgan fingerprint density at radius 2 is 1.96 bits per heavy atom. The van der Waals surface area contributed by atoms with E-state index in [0.29, 0.717) is 13.1 Å². The van der Waals surface area contributed by atoms with Crippen LogP contribution in [0.25, 0.3) is 0 Å². The molecule has 0 aliphatic carbocycles. The van der Waals surface area contributed by atoms with Crippen LogP contribution in [-0.2, 0) is 16.0 Å². The number of rotatable bonds is 6. The van der Waals surface area contributed by atoms with Crippen LogP contribution in [0.15, 0.2) is 29.3 Å². The van der Waals surface area contributed by atoms with Crippen molar-refractivity contribution in [3.8, 4) is 5.75 Å².